The van der Waals surface area contributed by atoms with E-state index in [1.807, 2.05) is 14.0 Å². The fourth-order valence-electron chi connectivity index (χ4n) is 4.17. The average Bonchev–Trinajstić information content (AvgIpc) is 2.84. The molecule has 23 heavy (non-hydrogen) atoms. The highest BCUT2D eigenvalue weighted by atomic mass is 16.5. The smallest absolute Gasteiger partial charge is 0.246 e. The Kier molecular flexibility index (Phi) is 5.18. The van der Waals surface area contributed by atoms with E-state index in [0.717, 1.165) is 19.0 Å². The van der Waals surface area contributed by atoms with Gasteiger partial charge in [-0.05, 0) is 38.0 Å². The summed E-state index contributed by atoms with van der Waals surface area (Å²) in [5.41, 5.74) is 0.507. The molecule has 1 saturated carbocycles. The monoisotopic (exact) mass is 319 g/mol. The molecule has 6 heteroatoms. The molecule has 0 aromatic carbocycles. The van der Waals surface area contributed by atoms with Crippen molar-refractivity contribution in [1.29, 1.82) is 0 Å². The number of guanidine groups is 1. The first-order valence-electron chi connectivity index (χ1n) is 8.96. The SMILES string of the molecule is CN=C(NCc1nc(C)no1)N1CCCC2(CCCCCC2)C1. The summed E-state index contributed by atoms with van der Waals surface area (Å²) in [6, 6.07) is 0. The summed E-state index contributed by atoms with van der Waals surface area (Å²) in [4.78, 5) is 11.1. The predicted molar refractivity (Wildman–Crippen MR) is 90.2 cm³/mol. The number of piperidine rings is 1. The van der Waals surface area contributed by atoms with Crippen molar-refractivity contribution in [2.24, 2.45) is 10.4 Å². The summed E-state index contributed by atoms with van der Waals surface area (Å²) < 4.78 is 5.18. The Hall–Kier alpha value is -1.59. The quantitative estimate of drug-likeness (QED) is 0.670. The molecule has 2 aliphatic rings. The molecular weight excluding hydrogens is 290 g/mol. The van der Waals surface area contributed by atoms with Gasteiger partial charge < -0.3 is 14.7 Å². The van der Waals surface area contributed by atoms with Crippen LogP contribution < -0.4 is 5.32 Å². The number of aliphatic imine (C=N–C) groups is 1. The van der Waals surface area contributed by atoms with Crippen LogP contribution >= 0.6 is 0 Å². The zero-order valence-corrected chi connectivity index (χ0v) is 14.5. The summed E-state index contributed by atoms with van der Waals surface area (Å²) in [6.45, 7) is 4.60. The maximum Gasteiger partial charge on any atom is 0.246 e. The van der Waals surface area contributed by atoms with Crippen molar-refractivity contribution < 1.29 is 4.52 Å². The first-order valence-corrected chi connectivity index (χ1v) is 8.96. The summed E-state index contributed by atoms with van der Waals surface area (Å²) in [6.07, 6.45) is 11.0. The van der Waals surface area contributed by atoms with E-state index >= 15 is 0 Å². The Labute approximate surface area is 138 Å². The van der Waals surface area contributed by atoms with Crippen molar-refractivity contribution in [2.75, 3.05) is 20.1 Å². The highest BCUT2D eigenvalue weighted by Gasteiger charge is 2.36. The third-order valence-corrected chi connectivity index (χ3v) is 5.30. The second-order valence-electron chi connectivity index (χ2n) is 7.08. The lowest BCUT2D eigenvalue weighted by Crippen LogP contribution is -2.50. The molecule has 0 atom stereocenters. The fourth-order valence-corrected chi connectivity index (χ4v) is 4.17. The molecule has 0 amide bonds. The number of hydrogen-bond donors (Lipinski definition) is 1. The van der Waals surface area contributed by atoms with E-state index in [9.17, 15) is 0 Å². The molecule has 1 aromatic heterocycles. The minimum Gasteiger partial charge on any atom is -0.347 e. The zero-order valence-electron chi connectivity index (χ0n) is 14.5. The first kappa shape index (κ1) is 16.3. The summed E-state index contributed by atoms with van der Waals surface area (Å²) in [7, 11) is 1.86. The largest absolute Gasteiger partial charge is 0.347 e. The number of nitrogens with zero attached hydrogens (tertiary/aromatic N) is 4. The van der Waals surface area contributed by atoms with Crippen LogP contribution in [0.2, 0.25) is 0 Å². The van der Waals surface area contributed by atoms with Gasteiger partial charge in [-0.1, -0.05) is 30.8 Å². The van der Waals surface area contributed by atoms with Crippen LogP contribution in [0, 0.1) is 12.3 Å². The van der Waals surface area contributed by atoms with Crippen LogP contribution in [0.3, 0.4) is 0 Å². The summed E-state index contributed by atoms with van der Waals surface area (Å²) >= 11 is 0. The molecule has 0 bridgehead atoms. The Morgan fingerprint density at radius 1 is 1.22 bits per heavy atom. The van der Waals surface area contributed by atoms with Gasteiger partial charge in [0.2, 0.25) is 5.89 Å². The lowest BCUT2D eigenvalue weighted by molar-refractivity contribution is 0.115. The normalized spacial score (nSPS) is 22.2. The maximum atomic E-state index is 5.18. The van der Waals surface area contributed by atoms with Gasteiger partial charge >= 0.3 is 0 Å². The number of nitrogens with one attached hydrogen (secondary N) is 1. The molecule has 1 aliphatic carbocycles. The van der Waals surface area contributed by atoms with Gasteiger partial charge in [0.15, 0.2) is 11.8 Å². The molecule has 1 N–H and O–H groups in total. The van der Waals surface area contributed by atoms with Crippen molar-refractivity contribution in [1.82, 2.24) is 20.4 Å². The molecule has 0 unspecified atom stereocenters. The summed E-state index contributed by atoms with van der Waals surface area (Å²) in [5.74, 6) is 2.25. The van der Waals surface area contributed by atoms with Crippen molar-refractivity contribution in [3.63, 3.8) is 0 Å². The Morgan fingerprint density at radius 2 is 1.96 bits per heavy atom. The molecule has 0 radical (unpaired) electrons. The van der Waals surface area contributed by atoms with Gasteiger partial charge in [-0.15, -0.1) is 0 Å². The minimum absolute atomic E-state index is 0.507. The van der Waals surface area contributed by atoms with Gasteiger partial charge in [0.05, 0.1) is 6.54 Å². The number of aryl methyl sites for hydroxylation is 1. The number of rotatable bonds is 2. The van der Waals surface area contributed by atoms with E-state index in [1.165, 1.54) is 51.4 Å². The molecule has 1 spiro atoms. The van der Waals surface area contributed by atoms with E-state index < -0.39 is 0 Å². The van der Waals surface area contributed by atoms with Gasteiger partial charge in [0.25, 0.3) is 0 Å². The highest BCUT2D eigenvalue weighted by Crippen LogP contribution is 2.42. The molecule has 3 rings (SSSR count). The molecular formula is C17H29N5O. The van der Waals surface area contributed by atoms with Crippen LogP contribution in [0.25, 0.3) is 0 Å². The Morgan fingerprint density at radius 3 is 2.61 bits per heavy atom. The number of likely N-dealkylation sites (tertiary alicyclic amines) is 1. The second kappa shape index (κ2) is 7.32. The maximum absolute atomic E-state index is 5.18. The third kappa shape index (κ3) is 4.03. The Balaban J connectivity index is 1.61. The summed E-state index contributed by atoms with van der Waals surface area (Å²) in [5, 5.41) is 7.22. The second-order valence-corrected chi connectivity index (χ2v) is 7.08. The first-order chi connectivity index (χ1) is 11.2. The molecule has 1 aliphatic heterocycles. The van der Waals surface area contributed by atoms with Gasteiger partial charge in [0, 0.05) is 20.1 Å². The van der Waals surface area contributed by atoms with Crippen molar-refractivity contribution >= 4 is 5.96 Å². The fraction of sp³-hybridized carbons (Fsp3) is 0.824. The van der Waals surface area contributed by atoms with E-state index in [2.05, 4.69) is 25.3 Å². The van der Waals surface area contributed by atoms with Crippen LogP contribution in [0.15, 0.2) is 9.52 Å². The van der Waals surface area contributed by atoms with E-state index in [1.54, 1.807) is 0 Å². The van der Waals surface area contributed by atoms with Crippen LogP contribution in [0.1, 0.15) is 63.1 Å². The Bertz CT molecular complexity index is 531. The predicted octanol–water partition coefficient (Wildman–Crippen LogP) is 2.89. The van der Waals surface area contributed by atoms with E-state index in [0.29, 0.717) is 23.7 Å². The van der Waals surface area contributed by atoms with Gasteiger partial charge in [0.1, 0.15) is 0 Å². The molecule has 1 aromatic rings. The van der Waals surface area contributed by atoms with E-state index in [-0.39, 0.29) is 0 Å². The van der Waals surface area contributed by atoms with Crippen LogP contribution in [-0.4, -0.2) is 41.1 Å². The van der Waals surface area contributed by atoms with Gasteiger partial charge in [-0.25, -0.2) is 0 Å². The topological polar surface area (TPSA) is 66.5 Å². The lowest BCUT2D eigenvalue weighted by atomic mass is 9.74. The minimum atomic E-state index is 0.507. The van der Waals surface area contributed by atoms with Crippen LogP contribution in [-0.2, 0) is 6.54 Å². The molecule has 128 valence electrons. The van der Waals surface area contributed by atoms with Gasteiger partial charge in [-0.2, -0.15) is 4.98 Å². The number of hydrogen-bond acceptors (Lipinski definition) is 4. The van der Waals surface area contributed by atoms with Crippen molar-refractivity contribution in [3.8, 4) is 0 Å². The lowest BCUT2D eigenvalue weighted by Gasteiger charge is -2.44. The third-order valence-electron chi connectivity index (χ3n) is 5.30. The molecule has 2 fully saturated rings. The molecule has 1 saturated heterocycles. The van der Waals surface area contributed by atoms with Crippen molar-refractivity contribution in [3.05, 3.63) is 11.7 Å². The van der Waals surface area contributed by atoms with Crippen molar-refractivity contribution in [2.45, 2.75) is 64.8 Å². The highest BCUT2D eigenvalue weighted by molar-refractivity contribution is 5.79. The molecule has 6 nitrogen and oxygen atoms in total. The molecule has 2 heterocycles. The van der Waals surface area contributed by atoms with Crippen LogP contribution in [0.5, 0.6) is 0 Å². The number of aromatic nitrogens is 2. The van der Waals surface area contributed by atoms with E-state index in [4.69, 9.17) is 4.52 Å². The average molecular weight is 319 g/mol. The van der Waals surface area contributed by atoms with Crippen LogP contribution in [0.4, 0.5) is 0 Å². The van der Waals surface area contributed by atoms with Gasteiger partial charge in [-0.3, -0.25) is 4.99 Å². The zero-order chi connectivity index (χ0) is 16.1. The standard InChI is InChI=1S/C17H29N5O/c1-14-20-15(23-21-14)12-19-16(18-2)22-11-7-10-17(13-22)8-5-3-4-6-9-17/h3-13H2,1-2H3,(H,18,19).